The summed E-state index contributed by atoms with van der Waals surface area (Å²) >= 11 is 0. The van der Waals surface area contributed by atoms with Gasteiger partial charge in [-0.3, -0.25) is 0 Å². The molecule has 20 heavy (non-hydrogen) atoms. The zero-order valence-corrected chi connectivity index (χ0v) is 12.5. The van der Waals surface area contributed by atoms with Gasteiger partial charge in [0.25, 0.3) is 9.05 Å². The van der Waals surface area contributed by atoms with E-state index in [1.54, 1.807) is 7.11 Å². The van der Waals surface area contributed by atoms with E-state index in [1.807, 2.05) is 0 Å². The summed E-state index contributed by atoms with van der Waals surface area (Å²) in [5.41, 5.74) is 0. The molecule has 114 valence electrons. The average molecular weight is 327 g/mol. The molecule has 0 aliphatic heterocycles. The van der Waals surface area contributed by atoms with E-state index < -0.39 is 14.9 Å². The molecule has 5 nitrogen and oxygen atoms in total. The molecule has 0 saturated carbocycles. The maximum absolute atomic E-state index is 13.6. The second kappa shape index (κ2) is 8.41. The van der Waals surface area contributed by atoms with Crippen LogP contribution in [-0.4, -0.2) is 42.0 Å². The van der Waals surface area contributed by atoms with Gasteiger partial charge in [0.2, 0.25) is 0 Å². The Morgan fingerprint density at radius 2 is 1.95 bits per heavy atom. The number of rotatable bonds is 9. The summed E-state index contributed by atoms with van der Waals surface area (Å²) in [4.78, 5) is -0.306. The van der Waals surface area contributed by atoms with Crippen molar-refractivity contribution in [3.63, 3.8) is 0 Å². The van der Waals surface area contributed by atoms with Gasteiger partial charge in [0, 0.05) is 31.0 Å². The first kappa shape index (κ1) is 17.2. The van der Waals surface area contributed by atoms with Crippen molar-refractivity contribution in [2.24, 2.45) is 0 Å². The lowest BCUT2D eigenvalue weighted by Gasteiger charge is -2.08. The maximum Gasteiger partial charge on any atom is 0.261 e. The highest BCUT2D eigenvalue weighted by molar-refractivity contribution is 8.13. The largest absolute Gasteiger partial charge is 0.488 e. The Morgan fingerprint density at radius 3 is 2.55 bits per heavy atom. The molecule has 0 aromatic heterocycles. The van der Waals surface area contributed by atoms with Gasteiger partial charge >= 0.3 is 0 Å². The molecular weight excluding hydrogens is 311 g/mol. The Balaban J connectivity index is 2.38. The van der Waals surface area contributed by atoms with Gasteiger partial charge in [-0.05, 0) is 24.6 Å². The van der Waals surface area contributed by atoms with Gasteiger partial charge < -0.3 is 14.2 Å². The summed E-state index contributed by atoms with van der Waals surface area (Å²) in [6.07, 6.45) is 0.771. The van der Waals surface area contributed by atoms with Crippen LogP contribution in [0.3, 0.4) is 0 Å². The van der Waals surface area contributed by atoms with Crippen LogP contribution in [0.25, 0.3) is 0 Å². The fourth-order valence-corrected chi connectivity index (χ4v) is 2.13. The van der Waals surface area contributed by atoms with Crippen LogP contribution in [0.4, 0.5) is 4.39 Å². The summed E-state index contributed by atoms with van der Waals surface area (Å²) < 4.78 is 50.8. The van der Waals surface area contributed by atoms with E-state index in [9.17, 15) is 12.8 Å². The molecule has 0 fully saturated rings. The first-order valence-electron chi connectivity index (χ1n) is 5.89. The summed E-state index contributed by atoms with van der Waals surface area (Å²) in [6, 6.07) is 3.22. The zero-order valence-electron chi connectivity index (χ0n) is 11.0. The third kappa shape index (κ3) is 6.04. The van der Waals surface area contributed by atoms with Crippen molar-refractivity contribution in [3.05, 3.63) is 24.0 Å². The third-order valence-electron chi connectivity index (χ3n) is 2.31. The molecule has 1 aromatic carbocycles. The number of benzene rings is 1. The minimum absolute atomic E-state index is 0.0467. The van der Waals surface area contributed by atoms with Crippen molar-refractivity contribution in [2.45, 2.75) is 11.3 Å². The SMILES string of the molecule is COCCCOCCOc1ccc(S(=O)(=O)Cl)cc1F. The number of hydrogen-bond donors (Lipinski definition) is 0. The van der Waals surface area contributed by atoms with E-state index >= 15 is 0 Å². The fourth-order valence-electron chi connectivity index (χ4n) is 1.37. The monoisotopic (exact) mass is 326 g/mol. The lowest BCUT2D eigenvalue weighted by atomic mass is 10.3. The predicted molar refractivity (Wildman–Crippen MR) is 72.2 cm³/mol. The lowest BCUT2D eigenvalue weighted by molar-refractivity contribution is 0.0797. The van der Waals surface area contributed by atoms with Crippen LogP contribution < -0.4 is 4.74 Å². The smallest absolute Gasteiger partial charge is 0.261 e. The Bertz CT molecular complexity index is 521. The summed E-state index contributed by atoms with van der Waals surface area (Å²) in [6.45, 7) is 1.61. The molecule has 0 radical (unpaired) electrons. The topological polar surface area (TPSA) is 61.8 Å². The van der Waals surface area contributed by atoms with Gasteiger partial charge in [-0.15, -0.1) is 0 Å². The molecule has 1 aromatic rings. The quantitative estimate of drug-likeness (QED) is 0.514. The van der Waals surface area contributed by atoms with E-state index in [1.165, 1.54) is 12.1 Å². The molecule has 0 unspecified atom stereocenters. The summed E-state index contributed by atoms with van der Waals surface area (Å²) in [5, 5.41) is 0. The number of methoxy groups -OCH3 is 1. The second-order valence-electron chi connectivity index (χ2n) is 3.84. The van der Waals surface area contributed by atoms with E-state index in [0.29, 0.717) is 19.8 Å². The minimum atomic E-state index is -3.94. The summed E-state index contributed by atoms with van der Waals surface area (Å²) in [5.74, 6) is -0.833. The van der Waals surface area contributed by atoms with Crippen LogP contribution >= 0.6 is 10.7 Å². The molecule has 0 atom stereocenters. The molecule has 0 aliphatic carbocycles. The first-order chi connectivity index (χ1) is 9.45. The fraction of sp³-hybridized carbons (Fsp3) is 0.500. The van der Waals surface area contributed by atoms with Crippen molar-refractivity contribution >= 4 is 19.7 Å². The molecule has 0 heterocycles. The predicted octanol–water partition coefficient (Wildman–Crippen LogP) is 2.19. The number of hydrogen-bond acceptors (Lipinski definition) is 5. The first-order valence-corrected chi connectivity index (χ1v) is 8.20. The van der Waals surface area contributed by atoms with Crippen molar-refractivity contribution in [2.75, 3.05) is 33.5 Å². The van der Waals surface area contributed by atoms with Crippen LogP contribution in [-0.2, 0) is 18.5 Å². The van der Waals surface area contributed by atoms with Crippen molar-refractivity contribution in [3.8, 4) is 5.75 Å². The lowest BCUT2D eigenvalue weighted by Crippen LogP contribution is -2.09. The highest BCUT2D eigenvalue weighted by atomic mass is 35.7. The molecule has 0 bridgehead atoms. The Kier molecular flexibility index (Phi) is 7.22. The molecule has 8 heteroatoms. The van der Waals surface area contributed by atoms with E-state index in [2.05, 4.69) is 0 Å². The zero-order chi connectivity index (χ0) is 15.0. The highest BCUT2D eigenvalue weighted by Crippen LogP contribution is 2.23. The Labute approximate surface area is 122 Å². The second-order valence-corrected chi connectivity index (χ2v) is 6.40. The minimum Gasteiger partial charge on any atom is -0.488 e. The highest BCUT2D eigenvalue weighted by Gasteiger charge is 2.13. The van der Waals surface area contributed by atoms with Crippen LogP contribution in [0.1, 0.15) is 6.42 Å². The van der Waals surface area contributed by atoms with Gasteiger partial charge in [0.1, 0.15) is 6.61 Å². The third-order valence-corrected chi connectivity index (χ3v) is 3.66. The van der Waals surface area contributed by atoms with Crippen LogP contribution in [0, 0.1) is 5.82 Å². The number of ether oxygens (including phenoxy) is 3. The van der Waals surface area contributed by atoms with Gasteiger partial charge in [-0.25, -0.2) is 12.8 Å². The maximum atomic E-state index is 13.6. The standard InChI is InChI=1S/C12H16ClFO5S/c1-17-5-2-6-18-7-8-19-12-4-3-10(9-11(12)14)20(13,15)16/h3-4,9H,2,5-8H2,1H3. The van der Waals surface area contributed by atoms with Gasteiger partial charge in [0.05, 0.1) is 11.5 Å². The van der Waals surface area contributed by atoms with Gasteiger partial charge in [-0.1, -0.05) is 0 Å². The van der Waals surface area contributed by atoms with E-state index in [0.717, 1.165) is 12.5 Å². The molecule has 0 N–H and O–H groups in total. The number of halogens is 2. The van der Waals surface area contributed by atoms with E-state index in [-0.39, 0.29) is 17.3 Å². The van der Waals surface area contributed by atoms with Gasteiger partial charge in [0.15, 0.2) is 11.6 Å². The van der Waals surface area contributed by atoms with Gasteiger partial charge in [-0.2, -0.15) is 0 Å². The molecular formula is C12H16ClFO5S. The Hall–Kier alpha value is -0.890. The molecule has 0 amide bonds. The van der Waals surface area contributed by atoms with Crippen LogP contribution in [0.2, 0.25) is 0 Å². The van der Waals surface area contributed by atoms with Crippen molar-refractivity contribution < 1.29 is 27.0 Å². The Morgan fingerprint density at radius 1 is 1.20 bits per heavy atom. The summed E-state index contributed by atoms with van der Waals surface area (Å²) in [7, 11) is 2.77. The average Bonchev–Trinajstić information content (AvgIpc) is 2.38. The molecule has 1 rings (SSSR count). The van der Waals surface area contributed by atoms with Crippen LogP contribution in [0.5, 0.6) is 5.75 Å². The van der Waals surface area contributed by atoms with E-state index in [4.69, 9.17) is 24.9 Å². The van der Waals surface area contributed by atoms with Crippen LogP contribution in [0.15, 0.2) is 23.1 Å². The molecule has 0 saturated heterocycles. The molecule has 0 spiro atoms. The molecule has 0 aliphatic rings. The normalized spacial score (nSPS) is 11.6. The van der Waals surface area contributed by atoms with Crippen molar-refractivity contribution in [1.82, 2.24) is 0 Å². The van der Waals surface area contributed by atoms with Crippen molar-refractivity contribution in [1.29, 1.82) is 0 Å².